The minimum absolute atomic E-state index is 0.228. The number of hydrogen-bond donors (Lipinski definition) is 0. The summed E-state index contributed by atoms with van der Waals surface area (Å²) >= 11 is 0. The summed E-state index contributed by atoms with van der Waals surface area (Å²) in [5.74, 6) is 3.52. The maximum absolute atomic E-state index is 6.05. The zero-order valence-electron chi connectivity index (χ0n) is 15.2. The normalized spacial score (nSPS) is 62.0. The summed E-state index contributed by atoms with van der Waals surface area (Å²) in [5, 5.41) is 0. The average Bonchev–Trinajstić information content (AvgIpc) is 3.43. The second-order valence-corrected chi connectivity index (χ2v) is 10.3. The topological polar surface area (TPSA) is 37.6 Å². The highest BCUT2D eigenvalue weighted by molar-refractivity contribution is 5.10. The molecule has 9 atom stereocenters. The summed E-state index contributed by atoms with van der Waals surface area (Å²) in [6, 6.07) is 0. The van der Waals surface area contributed by atoms with E-state index in [2.05, 4.69) is 13.8 Å². The molecule has 9 unspecified atom stereocenters. The Kier molecular flexibility index (Phi) is 2.98. The summed E-state index contributed by atoms with van der Waals surface area (Å²) in [7, 11) is 0. The van der Waals surface area contributed by atoms with Crippen molar-refractivity contribution in [1.29, 1.82) is 0 Å². The maximum Gasteiger partial charge on any atom is 0.0923 e. The van der Waals surface area contributed by atoms with Crippen molar-refractivity contribution >= 4 is 0 Å². The van der Waals surface area contributed by atoms with Crippen molar-refractivity contribution in [2.24, 2.45) is 23.7 Å². The molecule has 0 spiro atoms. The maximum atomic E-state index is 6.05. The van der Waals surface area contributed by atoms with Gasteiger partial charge in [-0.05, 0) is 95.3 Å². The minimum Gasteiger partial charge on any atom is -0.370 e. The predicted octanol–water partition coefficient (Wildman–Crippen LogP) is 4.09. The molecule has 6 aliphatic rings. The molecular weight excluding hydrogens is 300 g/mol. The van der Waals surface area contributed by atoms with E-state index in [9.17, 15) is 0 Å². The number of hydrogen-bond acceptors (Lipinski definition) is 3. The first kappa shape index (κ1) is 15.0. The van der Waals surface area contributed by atoms with Crippen LogP contribution in [0.3, 0.4) is 0 Å². The van der Waals surface area contributed by atoms with E-state index in [0.717, 1.165) is 23.7 Å². The van der Waals surface area contributed by atoms with Crippen LogP contribution in [0.5, 0.6) is 0 Å². The van der Waals surface area contributed by atoms with Crippen LogP contribution in [-0.4, -0.2) is 35.6 Å². The van der Waals surface area contributed by atoms with Gasteiger partial charge in [0.25, 0.3) is 0 Å². The smallest absolute Gasteiger partial charge is 0.0923 e. The fraction of sp³-hybridized carbons (Fsp3) is 1.00. The fourth-order valence-electron chi connectivity index (χ4n) is 7.24. The summed E-state index contributed by atoms with van der Waals surface area (Å²) in [5.41, 5.74) is 0.456. The second-order valence-electron chi connectivity index (χ2n) is 10.3. The molecule has 3 nitrogen and oxygen atoms in total. The first-order valence-electron chi connectivity index (χ1n) is 10.6. The van der Waals surface area contributed by atoms with E-state index in [0.29, 0.717) is 24.4 Å². The molecule has 3 heteroatoms. The van der Waals surface area contributed by atoms with Crippen molar-refractivity contribution in [2.75, 3.05) is 0 Å². The molecule has 0 N–H and O–H groups in total. The van der Waals surface area contributed by atoms with Crippen LogP contribution in [0.4, 0.5) is 0 Å². The Morgan fingerprint density at radius 1 is 0.708 bits per heavy atom. The first-order valence-corrected chi connectivity index (χ1v) is 10.6. The Bertz CT molecular complexity index is 515. The van der Waals surface area contributed by atoms with Gasteiger partial charge < -0.3 is 14.2 Å². The second kappa shape index (κ2) is 4.78. The SMILES string of the molecule is CC12CC(C(C3CCC4OC4C3)C3CCC4OC4(C)C3)CCC1O2. The largest absolute Gasteiger partial charge is 0.370 e. The molecule has 0 bridgehead atoms. The zero-order chi connectivity index (χ0) is 16.1. The average molecular weight is 332 g/mol. The van der Waals surface area contributed by atoms with Gasteiger partial charge in [0.1, 0.15) is 0 Å². The Balaban J connectivity index is 1.25. The van der Waals surface area contributed by atoms with Gasteiger partial charge in [-0.15, -0.1) is 0 Å². The molecule has 0 aromatic rings. The first-order chi connectivity index (χ1) is 11.5. The standard InChI is InChI=1S/C21H32O3/c1-20-10-13(4-7-17(20)23-20)19(12-3-6-15-16(9-12)22-15)14-5-8-18-21(2,11-14)24-18/h12-19H,3-11H2,1-2H3. The quantitative estimate of drug-likeness (QED) is 0.731. The lowest BCUT2D eigenvalue weighted by molar-refractivity contribution is 0.0612. The van der Waals surface area contributed by atoms with E-state index in [1.54, 1.807) is 0 Å². The van der Waals surface area contributed by atoms with Gasteiger partial charge >= 0.3 is 0 Å². The van der Waals surface area contributed by atoms with Crippen molar-refractivity contribution in [3.63, 3.8) is 0 Å². The Hall–Kier alpha value is -0.120. The number of ether oxygens (including phenoxy) is 3. The highest BCUT2D eigenvalue weighted by Gasteiger charge is 2.61. The highest BCUT2D eigenvalue weighted by Crippen LogP contribution is 2.59. The minimum atomic E-state index is 0.228. The molecule has 0 aromatic carbocycles. The summed E-state index contributed by atoms with van der Waals surface area (Å²) in [6.45, 7) is 4.73. The van der Waals surface area contributed by atoms with Crippen LogP contribution < -0.4 is 0 Å². The molecule has 24 heavy (non-hydrogen) atoms. The number of epoxide rings is 3. The van der Waals surface area contributed by atoms with Crippen molar-refractivity contribution < 1.29 is 14.2 Å². The number of rotatable bonds is 3. The lowest BCUT2D eigenvalue weighted by Crippen LogP contribution is -2.40. The third kappa shape index (κ3) is 2.27. The van der Waals surface area contributed by atoms with Gasteiger partial charge in [0, 0.05) is 0 Å². The van der Waals surface area contributed by atoms with Gasteiger partial charge in [-0.2, -0.15) is 0 Å². The summed E-state index contributed by atoms with van der Waals surface area (Å²) in [4.78, 5) is 0. The number of fused-ring (bicyclic) bond motifs is 3. The van der Waals surface area contributed by atoms with Crippen molar-refractivity contribution in [1.82, 2.24) is 0 Å². The van der Waals surface area contributed by atoms with E-state index < -0.39 is 0 Å². The molecule has 6 rings (SSSR count). The highest BCUT2D eigenvalue weighted by atomic mass is 16.6. The molecule has 3 aliphatic carbocycles. The van der Waals surface area contributed by atoms with E-state index in [1.165, 1.54) is 57.8 Å². The van der Waals surface area contributed by atoms with Crippen LogP contribution in [0, 0.1) is 23.7 Å². The molecule has 0 aromatic heterocycles. The van der Waals surface area contributed by atoms with E-state index in [1.807, 2.05) is 0 Å². The fourth-order valence-corrected chi connectivity index (χ4v) is 7.24. The van der Waals surface area contributed by atoms with Crippen LogP contribution in [0.1, 0.15) is 71.6 Å². The van der Waals surface area contributed by atoms with Crippen LogP contribution in [0.25, 0.3) is 0 Å². The molecule has 3 saturated carbocycles. The monoisotopic (exact) mass is 332 g/mol. The van der Waals surface area contributed by atoms with Crippen LogP contribution in [-0.2, 0) is 14.2 Å². The van der Waals surface area contributed by atoms with Gasteiger partial charge in [-0.3, -0.25) is 0 Å². The molecule has 6 fully saturated rings. The summed E-state index contributed by atoms with van der Waals surface area (Å²) < 4.78 is 18.0. The zero-order valence-corrected chi connectivity index (χ0v) is 15.2. The Morgan fingerprint density at radius 3 is 1.83 bits per heavy atom. The van der Waals surface area contributed by atoms with Crippen molar-refractivity contribution in [2.45, 2.75) is 107 Å². The molecular formula is C21H32O3. The van der Waals surface area contributed by atoms with Crippen molar-refractivity contribution in [3.8, 4) is 0 Å². The third-order valence-electron chi connectivity index (χ3n) is 8.68. The van der Waals surface area contributed by atoms with Gasteiger partial charge in [0.05, 0.1) is 35.6 Å². The summed E-state index contributed by atoms with van der Waals surface area (Å²) in [6.07, 6.45) is 14.5. The van der Waals surface area contributed by atoms with Crippen LogP contribution >= 0.6 is 0 Å². The van der Waals surface area contributed by atoms with Gasteiger partial charge in [-0.1, -0.05) is 0 Å². The molecule has 3 aliphatic heterocycles. The van der Waals surface area contributed by atoms with Crippen LogP contribution in [0.2, 0.25) is 0 Å². The van der Waals surface area contributed by atoms with E-state index in [-0.39, 0.29) is 11.2 Å². The molecule has 134 valence electrons. The van der Waals surface area contributed by atoms with Gasteiger partial charge in [0.15, 0.2) is 0 Å². The van der Waals surface area contributed by atoms with Gasteiger partial charge in [-0.25, -0.2) is 0 Å². The Labute approximate surface area is 145 Å². The van der Waals surface area contributed by atoms with Crippen LogP contribution in [0.15, 0.2) is 0 Å². The van der Waals surface area contributed by atoms with E-state index in [4.69, 9.17) is 14.2 Å². The third-order valence-corrected chi connectivity index (χ3v) is 8.68. The molecule has 0 radical (unpaired) electrons. The lowest BCUT2D eigenvalue weighted by atomic mass is 9.60. The molecule has 3 saturated heterocycles. The molecule has 3 heterocycles. The lowest BCUT2D eigenvalue weighted by Gasteiger charge is -2.43. The van der Waals surface area contributed by atoms with E-state index >= 15 is 0 Å². The Morgan fingerprint density at radius 2 is 1.29 bits per heavy atom. The molecule has 0 amide bonds. The van der Waals surface area contributed by atoms with Gasteiger partial charge in [0.2, 0.25) is 0 Å². The van der Waals surface area contributed by atoms with Crippen molar-refractivity contribution in [3.05, 3.63) is 0 Å². The predicted molar refractivity (Wildman–Crippen MR) is 90.7 cm³/mol.